The summed E-state index contributed by atoms with van der Waals surface area (Å²) in [7, 11) is 1.61. The Hall–Kier alpha value is -3.58. The lowest BCUT2D eigenvalue weighted by Crippen LogP contribution is -2.28. The zero-order valence-electron chi connectivity index (χ0n) is 18.3. The first-order valence-corrected chi connectivity index (χ1v) is 11.3. The first kappa shape index (κ1) is 22.6. The van der Waals surface area contributed by atoms with Crippen molar-refractivity contribution in [1.82, 2.24) is 4.90 Å². The van der Waals surface area contributed by atoms with E-state index in [1.807, 2.05) is 61.5 Å². The van der Waals surface area contributed by atoms with Gasteiger partial charge in [-0.2, -0.15) is 0 Å². The second-order valence-corrected chi connectivity index (χ2v) is 8.21. The molecule has 1 saturated heterocycles. The molecule has 5 nitrogen and oxygen atoms in total. The topological polar surface area (TPSA) is 51.1 Å². The van der Waals surface area contributed by atoms with Gasteiger partial charge in [0.05, 0.1) is 17.7 Å². The van der Waals surface area contributed by atoms with Gasteiger partial charge in [-0.15, -0.1) is 0 Å². The van der Waals surface area contributed by atoms with Crippen LogP contribution >= 0.6 is 11.8 Å². The molecule has 1 amide bonds. The summed E-state index contributed by atoms with van der Waals surface area (Å²) in [5.74, 6) is 1.02. The van der Waals surface area contributed by atoms with Gasteiger partial charge < -0.3 is 9.47 Å². The maximum Gasteiger partial charge on any atom is 0.266 e. The second-order valence-electron chi connectivity index (χ2n) is 7.21. The standard InChI is InChI=1S/C26H23FN2O3S/c1-3-29-25(30)24(33-26(29)28-21-12-14-22(31-2)15-13-21)16-19-6-4-5-7-23(19)32-17-18-8-10-20(27)11-9-18/h4-16H,3,17H2,1-2H3/b24-16+,28-26?. The van der Waals surface area contributed by atoms with E-state index >= 15 is 0 Å². The van der Waals surface area contributed by atoms with Crippen LogP contribution in [-0.4, -0.2) is 29.6 Å². The molecule has 0 bridgehead atoms. The third-order valence-electron chi connectivity index (χ3n) is 5.01. The van der Waals surface area contributed by atoms with Gasteiger partial charge in [-0.3, -0.25) is 9.69 Å². The zero-order chi connectivity index (χ0) is 23.2. The molecule has 0 radical (unpaired) electrons. The van der Waals surface area contributed by atoms with Crippen molar-refractivity contribution >= 4 is 34.6 Å². The highest BCUT2D eigenvalue weighted by Gasteiger charge is 2.32. The number of carbonyl (C=O) groups is 1. The maximum absolute atomic E-state index is 13.1. The molecule has 1 aliphatic rings. The Morgan fingerprint density at radius 3 is 2.45 bits per heavy atom. The van der Waals surface area contributed by atoms with Gasteiger partial charge in [0, 0.05) is 12.1 Å². The minimum absolute atomic E-state index is 0.0944. The monoisotopic (exact) mass is 462 g/mol. The minimum Gasteiger partial charge on any atom is -0.497 e. The van der Waals surface area contributed by atoms with Gasteiger partial charge in [-0.25, -0.2) is 9.38 Å². The maximum atomic E-state index is 13.1. The largest absolute Gasteiger partial charge is 0.497 e. The lowest BCUT2D eigenvalue weighted by Gasteiger charge is -2.12. The molecular formula is C26H23FN2O3S. The minimum atomic E-state index is -0.284. The van der Waals surface area contributed by atoms with Crippen molar-refractivity contribution in [3.05, 3.63) is 94.6 Å². The molecule has 0 saturated carbocycles. The molecule has 0 aliphatic carbocycles. The van der Waals surface area contributed by atoms with Gasteiger partial charge in [0.1, 0.15) is 23.9 Å². The molecule has 3 aromatic carbocycles. The summed E-state index contributed by atoms with van der Waals surface area (Å²) >= 11 is 1.33. The summed E-state index contributed by atoms with van der Waals surface area (Å²) in [6.07, 6.45) is 1.83. The van der Waals surface area contributed by atoms with Crippen LogP contribution < -0.4 is 9.47 Å². The van der Waals surface area contributed by atoms with Crippen LogP contribution in [0.1, 0.15) is 18.1 Å². The van der Waals surface area contributed by atoms with Gasteiger partial charge >= 0.3 is 0 Å². The summed E-state index contributed by atoms with van der Waals surface area (Å²) < 4.78 is 24.3. The van der Waals surface area contributed by atoms with Gasteiger partial charge in [0.25, 0.3) is 5.91 Å². The molecule has 3 aromatic rings. The molecular weight excluding hydrogens is 439 g/mol. The van der Waals surface area contributed by atoms with E-state index in [1.54, 1.807) is 24.1 Å². The Bertz CT molecular complexity index is 1190. The molecule has 4 rings (SSSR count). The Kier molecular flexibility index (Phi) is 7.10. The number of hydrogen-bond acceptors (Lipinski definition) is 5. The number of rotatable bonds is 7. The van der Waals surface area contributed by atoms with E-state index in [0.717, 1.165) is 22.6 Å². The van der Waals surface area contributed by atoms with E-state index in [0.29, 0.717) is 29.0 Å². The summed E-state index contributed by atoms with van der Waals surface area (Å²) in [4.78, 5) is 19.9. The molecule has 0 aromatic heterocycles. The van der Waals surface area contributed by atoms with Crippen LogP contribution in [-0.2, 0) is 11.4 Å². The molecule has 0 spiro atoms. The summed E-state index contributed by atoms with van der Waals surface area (Å²) in [5.41, 5.74) is 2.39. The van der Waals surface area contributed by atoms with Crippen LogP contribution in [0.15, 0.2) is 82.7 Å². The van der Waals surface area contributed by atoms with E-state index in [2.05, 4.69) is 4.99 Å². The summed E-state index contributed by atoms with van der Waals surface area (Å²) in [6.45, 7) is 2.73. The fraction of sp³-hybridized carbons (Fsp3) is 0.154. The fourth-order valence-electron chi connectivity index (χ4n) is 3.25. The fourth-order valence-corrected chi connectivity index (χ4v) is 4.30. The Labute approximate surface area is 196 Å². The van der Waals surface area contributed by atoms with E-state index in [9.17, 15) is 9.18 Å². The van der Waals surface area contributed by atoms with Crippen molar-refractivity contribution in [3.8, 4) is 11.5 Å². The number of methoxy groups -OCH3 is 1. The number of carbonyl (C=O) groups excluding carboxylic acids is 1. The van der Waals surface area contributed by atoms with Gasteiger partial charge in [-0.05, 0) is 72.8 Å². The van der Waals surface area contributed by atoms with Crippen LogP contribution in [0.5, 0.6) is 11.5 Å². The van der Waals surface area contributed by atoms with E-state index in [4.69, 9.17) is 9.47 Å². The van der Waals surface area contributed by atoms with E-state index < -0.39 is 0 Å². The Morgan fingerprint density at radius 1 is 1.03 bits per heavy atom. The highest BCUT2D eigenvalue weighted by molar-refractivity contribution is 8.18. The Balaban J connectivity index is 1.56. The first-order chi connectivity index (χ1) is 16.1. The van der Waals surface area contributed by atoms with E-state index in [-0.39, 0.29) is 11.7 Å². The van der Waals surface area contributed by atoms with Crippen molar-refractivity contribution in [2.45, 2.75) is 13.5 Å². The van der Waals surface area contributed by atoms with Crippen molar-refractivity contribution in [1.29, 1.82) is 0 Å². The summed E-state index contributed by atoms with van der Waals surface area (Å²) in [5, 5.41) is 0.628. The number of likely N-dealkylation sites (N-methyl/N-ethyl adjacent to an activating group) is 1. The van der Waals surface area contributed by atoms with Gasteiger partial charge in [-0.1, -0.05) is 30.3 Å². The molecule has 33 heavy (non-hydrogen) atoms. The number of benzene rings is 3. The zero-order valence-corrected chi connectivity index (χ0v) is 19.1. The average Bonchev–Trinajstić information content (AvgIpc) is 3.13. The SMILES string of the molecule is CCN1C(=O)/C(=C\c2ccccc2OCc2ccc(F)cc2)SC1=Nc1ccc(OC)cc1. The Morgan fingerprint density at radius 2 is 1.76 bits per heavy atom. The molecule has 0 atom stereocenters. The molecule has 0 N–H and O–H groups in total. The number of thioether (sulfide) groups is 1. The molecule has 1 fully saturated rings. The number of nitrogens with zero attached hydrogens (tertiary/aromatic N) is 2. The highest BCUT2D eigenvalue weighted by atomic mass is 32.2. The van der Waals surface area contributed by atoms with Crippen LogP contribution in [0.4, 0.5) is 10.1 Å². The van der Waals surface area contributed by atoms with Crippen LogP contribution in [0.3, 0.4) is 0 Å². The van der Waals surface area contributed by atoms with Crippen LogP contribution in [0, 0.1) is 5.82 Å². The lowest BCUT2D eigenvalue weighted by atomic mass is 10.1. The van der Waals surface area contributed by atoms with Gasteiger partial charge in [0.15, 0.2) is 5.17 Å². The number of hydrogen-bond donors (Lipinski definition) is 0. The lowest BCUT2D eigenvalue weighted by molar-refractivity contribution is -0.122. The quantitative estimate of drug-likeness (QED) is 0.402. The molecule has 0 unspecified atom stereocenters. The number of halogens is 1. The van der Waals surface area contributed by atoms with Crippen molar-refractivity contribution < 1.29 is 18.7 Å². The number of aliphatic imine (C=N–C) groups is 1. The predicted octanol–water partition coefficient (Wildman–Crippen LogP) is 6.04. The van der Waals surface area contributed by atoms with Gasteiger partial charge in [0.2, 0.25) is 0 Å². The highest BCUT2D eigenvalue weighted by Crippen LogP contribution is 2.35. The summed E-state index contributed by atoms with van der Waals surface area (Å²) in [6, 6.07) is 21.1. The average molecular weight is 463 g/mol. The first-order valence-electron chi connectivity index (χ1n) is 10.5. The third kappa shape index (κ3) is 5.43. The van der Waals surface area contributed by atoms with Crippen molar-refractivity contribution in [3.63, 3.8) is 0 Å². The second kappa shape index (κ2) is 10.4. The molecule has 168 valence electrons. The van der Waals surface area contributed by atoms with Crippen molar-refractivity contribution in [2.75, 3.05) is 13.7 Å². The van der Waals surface area contributed by atoms with Crippen LogP contribution in [0.25, 0.3) is 6.08 Å². The van der Waals surface area contributed by atoms with Crippen LogP contribution in [0.2, 0.25) is 0 Å². The number of amidine groups is 1. The number of ether oxygens (including phenoxy) is 2. The van der Waals surface area contributed by atoms with E-state index in [1.165, 1.54) is 23.9 Å². The van der Waals surface area contributed by atoms with Crippen molar-refractivity contribution in [2.24, 2.45) is 4.99 Å². The molecule has 1 heterocycles. The normalized spacial score (nSPS) is 16.0. The molecule has 7 heteroatoms. The number of amides is 1. The smallest absolute Gasteiger partial charge is 0.266 e. The third-order valence-corrected chi connectivity index (χ3v) is 6.02. The molecule has 1 aliphatic heterocycles. The number of para-hydroxylation sites is 1. The predicted molar refractivity (Wildman–Crippen MR) is 130 cm³/mol.